The van der Waals surface area contributed by atoms with Crippen LogP contribution in [-0.2, 0) is 0 Å². The number of fused-ring (bicyclic) bond motifs is 1. The molecule has 0 unspecified atom stereocenters. The summed E-state index contributed by atoms with van der Waals surface area (Å²) in [5, 5.41) is 10.3. The molecule has 4 aromatic rings. The summed E-state index contributed by atoms with van der Waals surface area (Å²) in [6.45, 7) is 1.18. The summed E-state index contributed by atoms with van der Waals surface area (Å²) >= 11 is 0. The van der Waals surface area contributed by atoms with Gasteiger partial charge >= 0.3 is 0 Å². The van der Waals surface area contributed by atoms with E-state index in [0.29, 0.717) is 30.1 Å². The molecule has 5 nitrogen and oxygen atoms in total. The Balaban J connectivity index is 1.47. The van der Waals surface area contributed by atoms with Crippen LogP contribution in [0.3, 0.4) is 0 Å². The average Bonchev–Trinajstić information content (AvgIpc) is 3.34. The largest absolute Gasteiger partial charge is 0.508 e. The number of furan rings is 1. The minimum absolute atomic E-state index is 0.0117. The number of pyridine rings is 1. The molecule has 1 N–H and O–H groups in total. The van der Waals surface area contributed by atoms with Crippen LogP contribution < -0.4 is 0 Å². The fourth-order valence-corrected chi connectivity index (χ4v) is 3.86. The number of hydrogen-bond donors (Lipinski definition) is 1. The minimum Gasteiger partial charge on any atom is -0.508 e. The van der Waals surface area contributed by atoms with Gasteiger partial charge in [-0.1, -0.05) is 36.4 Å². The normalized spacial score (nSPS) is 14.0. The zero-order valence-corrected chi connectivity index (χ0v) is 16.3. The Bertz CT molecular complexity index is 1240. The highest BCUT2D eigenvalue weighted by molar-refractivity contribution is 6.07. The second kappa shape index (κ2) is 7.52. The Morgan fingerprint density at radius 3 is 2.60 bits per heavy atom. The molecule has 0 radical (unpaired) electrons. The predicted molar refractivity (Wildman–Crippen MR) is 116 cm³/mol. The van der Waals surface area contributed by atoms with E-state index in [9.17, 15) is 9.90 Å². The second-order valence-electron chi connectivity index (χ2n) is 7.33. The zero-order valence-electron chi connectivity index (χ0n) is 16.3. The third kappa shape index (κ3) is 3.35. The first-order chi connectivity index (χ1) is 14.7. The molecular weight excluding hydrogens is 376 g/mol. The molecule has 0 saturated carbocycles. The monoisotopic (exact) mass is 396 g/mol. The van der Waals surface area contributed by atoms with Crippen LogP contribution >= 0.6 is 0 Å². The molecule has 5 heteroatoms. The minimum atomic E-state index is -0.0117. The quantitative estimate of drug-likeness (QED) is 0.521. The fourth-order valence-electron chi connectivity index (χ4n) is 3.86. The molecule has 1 aliphatic rings. The highest BCUT2D eigenvalue weighted by atomic mass is 16.3. The number of benzene rings is 2. The highest BCUT2D eigenvalue weighted by Gasteiger charge is 2.22. The standard InChI is InChI=1S/C25H20N2O3/c28-19-9-7-17(8-10-19)18-11-13-27(14-12-18)25(29)21-16-23(24-6-3-15-30-24)26-22-5-2-1-4-20(21)22/h1-11,15-16,28H,12-14H2. The fraction of sp³-hybridized carbons (Fsp3) is 0.120. The first kappa shape index (κ1) is 18.2. The average molecular weight is 396 g/mol. The number of nitrogens with zero attached hydrogens (tertiary/aromatic N) is 2. The van der Waals surface area contributed by atoms with E-state index >= 15 is 0 Å². The smallest absolute Gasteiger partial charge is 0.254 e. The Labute approximate surface area is 173 Å². The number of phenols is 1. The summed E-state index contributed by atoms with van der Waals surface area (Å²) in [4.78, 5) is 20.0. The van der Waals surface area contributed by atoms with Crippen molar-refractivity contribution >= 4 is 22.4 Å². The van der Waals surface area contributed by atoms with E-state index in [-0.39, 0.29) is 11.7 Å². The van der Waals surface area contributed by atoms with E-state index in [2.05, 4.69) is 11.1 Å². The molecular formula is C25H20N2O3. The summed E-state index contributed by atoms with van der Waals surface area (Å²) in [7, 11) is 0. The number of carbonyl (C=O) groups excluding carboxylic acids is 1. The summed E-state index contributed by atoms with van der Waals surface area (Å²) in [6.07, 6.45) is 4.46. The van der Waals surface area contributed by atoms with Crippen molar-refractivity contribution in [2.45, 2.75) is 6.42 Å². The van der Waals surface area contributed by atoms with Gasteiger partial charge < -0.3 is 14.4 Å². The van der Waals surface area contributed by atoms with Gasteiger partial charge in [-0.05, 0) is 54.0 Å². The molecule has 0 aliphatic carbocycles. The second-order valence-corrected chi connectivity index (χ2v) is 7.33. The molecule has 1 aliphatic heterocycles. The maximum Gasteiger partial charge on any atom is 0.254 e. The Kier molecular flexibility index (Phi) is 4.56. The maximum atomic E-state index is 13.4. The van der Waals surface area contributed by atoms with Gasteiger partial charge in [-0.25, -0.2) is 4.98 Å². The molecule has 30 heavy (non-hydrogen) atoms. The van der Waals surface area contributed by atoms with E-state index in [1.165, 1.54) is 5.57 Å². The molecule has 148 valence electrons. The number of aromatic hydroxyl groups is 1. The number of para-hydroxylation sites is 1. The number of hydrogen-bond acceptors (Lipinski definition) is 4. The lowest BCUT2D eigenvalue weighted by molar-refractivity contribution is 0.0775. The number of carbonyl (C=O) groups is 1. The lowest BCUT2D eigenvalue weighted by Gasteiger charge is -2.27. The van der Waals surface area contributed by atoms with Gasteiger partial charge in [-0.15, -0.1) is 0 Å². The van der Waals surface area contributed by atoms with Gasteiger partial charge in [0.2, 0.25) is 0 Å². The van der Waals surface area contributed by atoms with E-state index in [1.54, 1.807) is 18.4 Å². The predicted octanol–water partition coefficient (Wildman–Crippen LogP) is 5.13. The van der Waals surface area contributed by atoms with Crippen molar-refractivity contribution in [3.8, 4) is 17.2 Å². The van der Waals surface area contributed by atoms with Crippen LogP contribution in [0.1, 0.15) is 22.3 Å². The molecule has 0 spiro atoms. The Hall–Kier alpha value is -3.86. The van der Waals surface area contributed by atoms with Gasteiger partial charge in [0.15, 0.2) is 5.76 Å². The molecule has 1 amide bonds. The Morgan fingerprint density at radius 2 is 1.87 bits per heavy atom. The molecule has 5 rings (SSSR count). The number of rotatable bonds is 3. The SMILES string of the molecule is O=C(c1cc(-c2ccco2)nc2ccccc12)N1CC=C(c2ccc(O)cc2)CC1. The van der Waals surface area contributed by atoms with Gasteiger partial charge in [0.1, 0.15) is 11.4 Å². The van der Waals surface area contributed by atoms with Crippen molar-refractivity contribution in [1.82, 2.24) is 9.88 Å². The summed E-state index contributed by atoms with van der Waals surface area (Å²) in [5.41, 5.74) is 4.32. The van der Waals surface area contributed by atoms with Gasteiger partial charge in [0.25, 0.3) is 5.91 Å². The van der Waals surface area contributed by atoms with Gasteiger partial charge in [0.05, 0.1) is 17.3 Å². The van der Waals surface area contributed by atoms with Crippen LogP contribution in [0, 0.1) is 0 Å². The van der Waals surface area contributed by atoms with Crippen LogP contribution in [-0.4, -0.2) is 34.0 Å². The van der Waals surface area contributed by atoms with Crippen molar-refractivity contribution in [2.75, 3.05) is 13.1 Å². The first-order valence-electron chi connectivity index (χ1n) is 9.90. The molecule has 0 atom stereocenters. The third-order valence-corrected chi connectivity index (χ3v) is 5.45. The molecule has 2 aromatic heterocycles. The van der Waals surface area contributed by atoms with Crippen molar-refractivity contribution in [3.63, 3.8) is 0 Å². The lowest BCUT2D eigenvalue weighted by Crippen LogP contribution is -2.34. The van der Waals surface area contributed by atoms with Gasteiger partial charge in [0, 0.05) is 18.5 Å². The van der Waals surface area contributed by atoms with E-state index < -0.39 is 0 Å². The van der Waals surface area contributed by atoms with Gasteiger partial charge in [-0.3, -0.25) is 4.79 Å². The number of phenolic OH excluding ortho intramolecular Hbond substituents is 1. The lowest BCUT2D eigenvalue weighted by atomic mass is 9.98. The van der Waals surface area contributed by atoms with E-state index in [1.807, 2.05) is 59.5 Å². The zero-order chi connectivity index (χ0) is 20.5. The summed E-state index contributed by atoms with van der Waals surface area (Å²) < 4.78 is 5.51. The molecule has 0 saturated heterocycles. The van der Waals surface area contributed by atoms with Crippen LogP contribution in [0.25, 0.3) is 27.9 Å². The van der Waals surface area contributed by atoms with Crippen molar-refractivity contribution in [2.24, 2.45) is 0 Å². The van der Waals surface area contributed by atoms with Gasteiger partial charge in [-0.2, -0.15) is 0 Å². The van der Waals surface area contributed by atoms with Crippen LogP contribution in [0.5, 0.6) is 5.75 Å². The summed E-state index contributed by atoms with van der Waals surface area (Å²) in [5.74, 6) is 0.884. The van der Waals surface area contributed by atoms with Crippen molar-refractivity contribution in [1.29, 1.82) is 0 Å². The van der Waals surface area contributed by atoms with Crippen LogP contribution in [0.4, 0.5) is 0 Å². The molecule has 0 bridgehead atoms. The number of aromatic nitrogens is 1. The topological polar surface area (TPSA) is 66.6 Å². The summed E-state index contributed by atoms with van der Waals surface area (Å²) in [6, 6.07) is 20.4. The highest BCUT2D eigenvalue weighted by Crippen LogP contribution is 2.28. The van der Waals surface area contributed by atoms with Crippen LogP contribution in [0.15, 0.2) is 83.5 Å². The van der Waals surface area contributed by atoms with Crippen molar-refractivity contribution < 1.29 is 14.3 Å². The van der Waals surface area contributed by atoms with Crippen LogP contribution in [0.2, 0.25) is 0 Å². The van der Waals surface area contributed by atoms with E-state index in [0.717, 1.165) is 22.9 Å². The molecule has 0 fully saturated rings. The molecule has 3 heterocycles. The maximum absolute atomic E-state index is 13.4. The molecule has 2 aromatic carbocycles. The number of amides is 1. The third-order valence-electron chi connectivity index (χ3n) is 5.45. The van der Waals surface area contributed by atoms with E-state index in [4.69, 9.17) is 4.42 Å². The Morgan fingerprint density at radius 1 is 1.03 bits per heavy atom. The van der Waals surface area contributed by atoms with Crippen molar-refractivity contribution in [3.05, 3.63) is 90.2 Å². The first-order valence-corrected chi connectivity index (χ1v) is 9.90.